The zero-order valence-corrected chi connectivity index (χ0v) is 10.8. The summed E-state index contributed by atoms with van der Waals surface area (Å²) >= 11 is 0. The van der Waals surface area contributed by atoms with Crippen molar-refractivity contribution in [1.29, 1.82) is 0 Å². The van der Waals surface area contributed by atoms with E-state index in [-0.39, 0.29) is 17.9 Å². The Hall–Kier alpha value is -2.01. The number of hydrogen-bond donors (Lipinski definition) is 2. The van der Waals surface area contributed by atoms with Crippen LogP contribution in [0.4, 0.5) is 18.9 Å². The highest BCUT2D eigenvalue weighted by Gasteiger charge is 2.11. The number of aliphatic hydroxyl groups is 1. The minimum Gasteiger partial charge on any atom is -0.387 e. The molecule has 0 saturated carbocycles. The third-order valence-electron chi connectivity index (χ3n) is 2.87. The van der Waals surface area contributed by atoms with Gasteiger partial charge < -0.3 is 10.4 Å². The van der Waals surface area contributed by atoms with Crippen LogP contribution in [0.25, 0.3) is 0 Å². The quantitative estimate of drug-likeness (QED) is 0.898. The van der Waals surface area contributed by atoms with Gasteiger partial charge in [0.2, 0.25) is 0 Å². The first-order chi connectivity index (χ1) is 9.45. The van der Waals surface area contributed by atoms with Gasteiger partial charge >= 0.3 is 0 Å². The van der Waals surface area contributed by atoms with Crippen LogP contribution in [0.2, 0.25) is 0 Å². The van der Waals surface area contributed by atoms with E-state index in [1.54, 1.807) is 13.0 Å². The second-order valence-electron chi connectivity index (χ2n) is 4.59. The predicted octanol–water partition coefficient (Wildman–Crippen LogP) is 3.56. The van der Waals surface area contributed by atoms with Crippen LogP contribution in [0.3, 0.4) is 0 Å². The second kappa shape index (κ2) is 5.96. The first kappa shape index (κ1) is 14.4. The molecular weight excluding hydrogens is 267 g/mol. The molecule has 0 aromatic heterocycles. The molecule has 1 unspecified atom stereocenters. The molecule has 1 atom stereocenters. The molecule has 0 spiro atoms. The topological polar surface area (TPSA) is 32.3 Å². The number of halogens is 3. The monoisotopic (exact) mass is 281 g/mol. The lowest BCUT2D eigenvalue weighted by Crippen LogP contribution is -2.12. The van der Waals surface area contributed by atoms with Crippen LogP contribution >= 0.6 is 0 Å². The van der Waals surface area contributed by atoms with Gasteiger partial charge in [0.05, 0.1) is 6.10 Å². The third kappa shape index (κ3) is 3.51. The van der Waals surface area contributed by atoms with Crippen molar-refractivity contribution in [3.8, 4) is 0 Å². The number of aryl methyl sites for hydroxylation is 1. The Morgan fingerprint density at radius 3 is 2.45 bits per heavy atom. The van der Waals surface area contributed by atoms with E-state index in [9.17, 15) is 18.3 Å². The van der Waals surface area contributed by atoms with E-state index in [4.69, 9.17) is 0 Å². The van der Waals surface area contributed by atoms with Crippen LogP contribution in [-0.2, 0) is 0 Å². The highest BCUT2D eigenvalue weighted by molar-refractivity contribution is 5.46. The molecule has 0 aliphatic rings. The van der Waals surface area contributed by atoms with Gasteiger partial charge in [-0.25, -0.2) is 13.2 Å². The van der Waals surface area contributed by atoms with Gasteiger partial charge in [0.1, 0.15) is 5.82 Å². The lowest BCUT2D eigenvalue weighted by molar-refractivity contribution is 0.191. The summed E-state index contributed by atoms with van der Waals surface area (Å²) in [7, 11) is 0. The molecule has 5 heteroatoms. The zero-order chi connectivity index (χ0) is 14.7. The maximum atomic E-state index is 13.2. The van der Waals surface area contributed by atoms with E-state index in [2.05, 4.69) is 5.32 Å². The summed E-state index contributed by atoms with van der Waals surface area (Å²) in [5.41, 5.74) is 1.52. The smallest absolute Gasteiger partial charge is 0.159 e. The average molecular weight is 281 g/mol. The van der Waals surface area contributed by atoms with Gasteiger partial charge in [-0.15, -0.1) is 0 Å². The normalized spacial score (nSPS) is 12.2. The van der Waals surface area contributed by atoms with Crippen molar-refractivity contribution < 1.29 is 18.3 Å². The van der Waals surface area contributed by atoms with Crippen LogP contribution < -0.4 is 5.32 Å². The van der Waals surface area contributed by atoms with Crippen LogP contribution in [-0.4, -0.2) is 11.7 Å². The molecular formula is C15H14F3NO. The molecule has 0 saturated heterocycles. The van der Waals surface area contributed by atoms with E-state index in [0.29, 0.717) is 5.69 Å². The second-order valence-corrected chi connectivity index (χ2v) is 4.59. The van der Waals surface area contributed by atoms with E-state index < -0.39 is 17.7 Å². The minimum absolute atomic E-state index is 0.0635. The first-order valence-corrected chi connectivity index (χ1v) is 6.10. The first-order valence-electron chi connectivity index (χ1n) is 6.10. The summed E-state index contributed by atoms with van der Waals surface area (Å²) in [5.74, 6) is -2.35. The van der Waals surface area contributed by atoms with Crippen molar-refractivity contribution >= 4 is 5.69 Å². The minimum atomic E-state index is -1.02. The molecule has 20 heavy (non-hydrogen) atoms. The van der Waals surface area contributed by atoms with Crippen LogP contribution in [0.15, 0.2) is 36.4 Å². The number of anilines is 1. The number of benzene rings is 2. The van der Waals surface area contributed by atoms with Crippen LogP contribution in [0, 0.1) is 24.4 Å². The molecule has 0 radical (unpaired) electrons. The van der Waals surface area contributed by atoms with Gasteiger partial charge in [-0.2, -0.15) is 0 Å². The molecule has 106 valence electrons. The Balaban J connectivity index is 2.04. The molecule has 0 bridgehead atoms. The molecule has 2 N–H and O–H groups in total. The Labute approximate surface area is 114 Å². The highest BCUT2D eigenvalue weighted by atomic mass is 19.2. The fraction of sp³-hybridized carbons (Fsp3) is 0.200. The Morgan fingerprint density at radius 2 is 1.80 bits per heavy atom. The van der Waals surface area contributed by atoms with Gasteiger partial charge in [0.25, 0.3) is 0 Å². The van der Waals surface area contributed by atoms with Gasteiger partial charge in [0, 0.05) is 12.2 Å². The summed E-state index contributed by atoms with van der Waals surface area (Å²) in [5, 5.41) is 12.7. The molecule has 2 nitrogen and oxygen atoms in total. The number of nitrogens with one attached hydrogen (secondary N) is 1. The van der Waals surface area contributed by atoms with Crippen LogP contribution in [0.1, 0.15) is 17.2 Å². The third-order valence-corrected chi connectivity index (χ3v) is 2.87. The highest BCUT2D eigenvalue weighted by Crippen LogP contribution is 2.18. The Kier molecular flexibility index (Phi) is 4.29. The lowest BCUT2D eigenvalue weighted by Gasteiger charge is -2.14. The van der Waals surface area contributed by atoms with E-state index in [0.717, 1.165) is 17.7 Å². The van der Waals surface area contributed by atoms with E-state index in [1.807, 2.05) is 0 Å². The summed E-state index contributed by atoms with van der Waals surface area (Å²) in [4.78, 5) is 0. The summed E-state index contributed by atoms with van der Waals surface area (Å²) < 4.78 is 39.0. The van der Waals surface area contributed by atoms with Gasteiger partial charge in [0.15, 0.2) is 11.6 Å². The molecule has 2 rings (SSSR count). The number of hydrogen-bond acceptors (Lipinski definition) is 2. The molecule has 0 aliphatic heterocycles. The maximum Gasteiger partial charge on any atom is 0.159 e. The summed E-state index contributed by atoms with van der Waals surface area (Å²) in [6, 6.07) is 7.61. The Bertz CT molecular complexity index is 596. The summed E-state index contributed by atoms with van der Waals surface area (Å²) in [6.45, 7) is 1.81. The van der Waals surface area contributed by atoms with Crippen molar-refractivity contribution in [2.24, 2.45) is 0 Å². The molecule has 2 aromatic rings. The standard InChI is InChI=1S/C15H14F3NO/c1-9-4-11(16)7-12(5-9)19-8-15(20)10-2-3-13(17)14(18)6-10/h2-7,15,19-20H,8H2,1H3. The molecule has 0 amide bonds. The van der Waals surface area contributed by atoms with Gasteiger partial charge in [-0.3, -0.25) is 0 Å². The number of aliphatic hydroxyl groups excluding tert-OH is 1. The molecule has 0 aliphatic carbocycles. The van der Waals surface area contributed by atoms with Crippen molar-refractivity contribution in [1.82, 2.24) is 0 Å². The van der Waals surface area contributed by atoms with Crippen molar-refractivity contribution in [2.75, 3.05) is 11.9 Å². The van der Waals surface area contributed by atoms with Gasteiger partial charge in [-0.1, -0.05) is 6.07 Å². The molecule has 0 heterocycles. The molecule has 0 fully saturated rings. The predicted molar refractivity (Wildman–Crippen MR) is 70.9 cm³/mol. The van der Waals surface area contributed by atoms with Crippen LogP contribution in [0.5, 0.6) is 0 Å². The van der Waals surface area contributed by atoms with Crippen molar-refractivity contribution in [2.45, 2.75) is 13.0 Å². The maximum absolute atomic E-state index is 13.2. The average Bonchev–Trinajstić information content (AvgIpc) is 2.38. The largest absolute Gasteiger partial charge is 0.387 e. The van der Waals surface area contributed by atoms with Crippen molar-refractivity contribution in [3.05, 3.63) is 65.0 Å². The van der Waals surface area contributed by atoms with Gasteiger partial charge in [-0.05, 0) is 48.4 Å². The Morgan fingerprint density at radius 1 is 1.05 bits per heavy atom. The van der Waals surface area contributed by atoms with E-state index >= 15 is 0 Å². The number of rotatable bonds is 4. The fourth-order valence-electron chi connectivity index (χ4n) is 1.89. The lowest BCUT2D eigenvalue weighted by atomic mass is 10.1. The summed E-state index contributed by atoms with van der Waals surface area (Å²) in [6.07, 6.45) is -1.02. The fourth-order valence-corrected chi connectivity index (χ4v) is 1.89. The SMILES string of the molecule is Cc1cc(F)cc(NCC(O)c2ccc(F)c(F)c2)c1. The van der Waals surface area contributed by atoms with E-state index in [1.165, 1.54) is 18.2 Å². The zero-order valence-electron chi connectivity index (χ0n) is 10.8. The van der Waals surface area contributed by atoms with Crippen molar-refractivity contribution in [3.63, 3.8) is 0 Å². The molecule has 2 aromatic carbocycles.